The van der Waals surface area contributed by atoms with E-state index in [1.54, 1.807) is 0 Å². The maximum Gasteiger partial charge on any atom is 0.280 e. The summed E-state index contributed by atoms with van der Waals surface area (Å²) in [5, 5.41) is 5.62. The minimum absolute atomic E-state index is 0.101. The van der Waals surface area contributed by atoms with Gasteiger partial charge < -0.3 is 4.74 Å². The summed E-state index contributed by atoms with van der Waals surface area (Å²) in [5.74, 6) is -2.20. The van der Waals surface area contributed by atoms with E-state index in [2.05, 4.69) is 5.10 Å². The van der Waals surface area contributed by atoms with Gasteiger partial charge in [-0.15, -0.1) is 0 Å². The zero-order valence-electron chi connectivity index (χ0n) is 12.2. The number of hydrazone groups is 1. The second kappa shape index (κ2) is 6.56. The molecule has 0 saturated carbocycles. The van der Waals surface area contributed by atoms with Gasteiger partial charge in [-0.1, -0.05) is 30.3 Å². The van der Waals surface area contributed by atoms with Crippen LogP contribution in [0.15, 0.2) is 53.6 Å². The van der Waals surface area contributed by atoms with E-state index in [1.807, 2.05) is 30.3 Å². The molecular formula is C17H14F2N2O2. The van der Waals surface area contributed by atoms with Gasteiger partial charge in [0.25, 0.3) is 5.91 Å². The fourth-order valence-corrected chi connectivity index (χ4v) is 2.26. The molecule has 0 bridgehead atoms. The third-order valence-corrected chi connectivity index (χ3v) is 3.45. The summed E-state index contributed by atoms with van der Waals surface area (Å²) in [4.78, 5) is 12.1. The van der Waals surface area contributed by atoms with Crippen molar-refractivity contribution >= 4 is 11.6 Å². The van der Waals surface area contributed by atoms with Gasteiger partial charge in [0.1, 0.15) is 5.75 Å². The lowest BCUT2D eigenvalue weighted by molar-refractivity contribution is -0.132. The summed E-state index contributed by atoms with van der Waals surface area (Å²) in [6, 6.07) is 12.7. The van der Waals surface area contributed by atoms with E-state index in [4.69, 9.17) is 4.74 Å². The average molecular weight is 316 g/mol. The van der Waals surface area contributed by atoms with Gasteiger partial charge in [0.05, 0.1) is 12.3 Å². The predicted molar refractivity (Wildman–Crippen MR) is 81.2 cm³/mol. The van der Waals surface area contributed by atoms with Crippen LogP contribution in [0.25, 0.3) is 0 Å². The normalized spacial score (nSPS) is 13.8. The van der Waals surface area contributed by atoms with Crippen molar-refractivity contribution in [3.8, 4) is 5.75 Å². The van der Waals surface area contributed by atoms with Gasteiger partial charge in [-0.2, -0.15) is 5.10 Å². The maximum absolute atomic E-state index is 13.1. The summed E-state index contributed by atoms with van der Waals surface area (Å²) in [6.45, 7) is 0.195. The summed E-state index contributed by atoms with van der Waals surface area (Å²) >= 11 is 0. The molecular weight excluding hydrogens is 302 g/mol. The van der Waals surface area contributed by atoms with Gasteiger partial charge in [-0.25, -0.2) is 13.8 Å². The van der Waals surface area contributed by atoms with E-state index in [0.29, 0.717) is 13.0 Å². The van der Waals surface area contributed by atoms with E-state index < -0.39 is 11.6 Å². The van der Waals surface area contributed by atoms with Crippen LogP contribution in [0, 0.1) is 11.6 Å². The van der Waals surface area contributed by atoms with Crippen molar-refractivity contribution in [2.45, 2.75) is 6.42 Å². The maximum atomic E-state index is 13.1. The van der Waals surface area contributed by atoms with Crippen LogP contribution < -0.4 is 4.74 Å². The lowest BCUT2D eigenvalue weighted by Gasteiger charge is -2.12. The first-order chi connectivity index (χ1) is 11.1. The van der Waals surface area contributed by atoms with E-state index in [-0.39, 0.29) is 18.3 Å². The van der Waals surface area contributed by atoms with Crippen molar-refractivity contribution in [2.75, 3.05) is 13.2 Å². The van der Waals surface area contributed by atoms with E-state index in [9.17, 15) is 13.6 Å². The Balaban J connectivity index is 1.61. The fraction of sp³-hybridized carbons (Fsp3) is 0.176. The Hall–Kier alpha value is -2.76. The summed E-state index contributed by atoms with van der Waals surface area (Å²) in [7, 11) is 0. The standard InChI is InChI=1S/C17H14F2N2O2/c18-14-7-6-13(10-15(14)19)23-11-17(22)21-9-8-16(20-21)12-4-2-1-3-5-12/h1-7,10H,8-9,11H2. The minimum Gasteiger partial charge on any atom is -0.484 e. The van der Waals surface area contributed by atoms with Crippen LogP contribution in [0.1, 0.15) is 12.0 Å². The molecule has 0 saturated heterocycles. The molecule has 0 atom stereocenters. The molecule has 0 aliphatic carbocycles. The highest BCUT2D eigenvalue weighted by atomic mass is 19.2. The van der Waals surface area contributed by atoms with Gasteiger partial charge in [-0.05, 0) is 17.7 Å². The Morgan fingerprint density at radius 1 is 1.13 bits per heavy atom. The van der Waals surface area contributed by atoms with E-state index in [0.717, 1.165) is 23.4 Å². The Morgan fingerprint density at radius 3 is 2.65 bits per heavy atom. The van der Waals surface area contributed by atoms with Crippen molar-refractivity contribution in [1.29, 1.82) is 0 Å². The third kappa shape index (κ3) is 3.53. The first-order valence-electron chi connectivity index (χ1n) is 7.14. The smallest absolute Gasteiger partial charge is 0.280 e. The molecule has 4 nitrogen and oxygen atoms in total. The highest BCUT2D eigenvalue weighted by Crippen LogP contribution is 2.17. The SMILES string of the molecule is O=C(COc1ccc(F)c(F)c1)N1CCC(c2ccccc2)=N1. The number of ether oxygens (including phenoxy) is 1. The number of carbonyl (C=O) groups is 1. The number of nitrogens with zero attached hydrogens (tertiary/aromatic N) is 2. The van der Waals surface area contributed by atoms with Crippen molar-refractivity contribution < 1.29 is 18.3 Å². The molecule has 1 amide bonds. The molecule has 2 aromatic rings. The molecule has 6 heteroatoms. The Labute approximate surface area is 132 Å². The molecule has 0 fully saturated rings. The molecule has 0 aromatic heterocycles. The zero-order valence-corrected chi connectivity index (χ0v) is 12.2. The van der Waals surface area contributed by atoms with Gasteiger partial charge in [0, 0.05) is 12.5 Å². The van der Waals surface area contributed by atoms with Crippen molar-refractivity contribution in [3.05, 3.63) is 65.7 Å². The topological polar surface area (TPSA) is 41.9 Å². The number of hydrogen-bond donors (Lipinski definition) is 0. The Bertz CT molecular complexity index is 748. The number of rotatable bonds is 4. The van der Waals surface area contributed by atoms with Crippen LogP contribution in [-0.2, 0) is 4.79 Å². The predicted octanol–water partition coefficient (Wildman–Crippen LogP) is 2.98. The lowest BCUT2D eigenvalue weighted by atomic mass is 10.1. The number of halogens is 2. The molecule has 118 valence electrons. The molecule has 2 aromatic carbocycles. The molecule has 1 aliphatic heterocycles. The first kappa shape index (κ1) is 15.1. The molecule has 1 aliphatic rings. The molecule has 0 N–H and O–H groups in total. The van der Waals surface area contributed by atoms with Gasteiger partial charge in [-0.3, -0.25) is 4.79 Å². The third-order valence-electron chi connectivity index (χ3n) is 3.45. The Kier molecular flexibility index (Phi) is 4.32. The van der Waals surface area contributed by atoms with Crippen LogP contribution >= 0.6 is 0 Å². The number of amides is 1. The molecule has 3 rings (SSSR count). The second-order valence-corrected chi connectivity index (χ2v) is 5.04. The number of carbonyl (C=O) groups excluding carboxylic acids is 1. The fourth-order valence-electron chi connectivity index (χ4n) is 2.26. The van der Waals surface area contributed by atoms with Crippen LogP contribution in [0.4, 0.5) is 8.78 Å². The van der Waals surface area contributed by atoms with Crippen LogP contribution in [0.2, 0.25) is 0 Å². The van der Waals surface area contributed by atoms with Gasteiger partial charge in [0.2, 0.25) is 0 Å². The first-order valence-corrected chi connectivity index (χ1v) is 7.14. The van der Waals surface area contributed by atoms with E-state index in [1.165, 1.54) is 11.1 Å². The zero-order chi connectivity index (χ0) is 16.2. The van der Waals surface area contributed by atoms with Crippen molar-refractivity contribution in [1.82, 2.24) is 5.01 Å². The summed E-state index contributed by atoms with van der Waals surface area (Å²) in [6.07, 6.45) is 0.668. The van der Waals surface area contributed by atoms with Gasteiger partial charge >= 0.3 is 0 Å². The second-order valence-electron chi connectivity index (χ2n) is 5.04. The van der Waals surface area contributed by atoms with Gasteiger partial charge in [0.15, 0.2) is 18.2 Å². The molecule has 0 unspecified atom stereocenters. The quantitative estimate of drug-likeness (QED) is 0.870. The highest BCUT2D eigenvalue weighted by Gasteiger charge is 2.21. The number of benzene rings is 2. The van der Waals surface area contributed by atoms with E-state index >= 15 is 0 Å². The molecule has 0 radical (unpaired) electrons. The minimum atomic E-state index is -1.01. The largest absolute Gasteiger partial charge is 0.484 e. The van der Waals surface area contributed by atoms with Crippen LogP contribution in [-0.4, -0.2) is 29.8 Å². The van der Waals surface area contributed by atoms with Crippen LogP contribution in [0.3, 0.4) is 0 Å². The monoisotopic (exact) mass is 316 g/mol. The lowest BCUT2D eigenvalue weighted by Crippen LogP contribution is -2.28. The average Bonchev–Trinajstić information content (AvgIpc) is 3.06. The number of hydrogen-bond acceptors (Lipinski definition) is 3. The molecule has 23 heavy (non-hydrogen) atoms. The molecule has 1 heterocycles. The van der Waals surface area contributed by atoms with Crippen molar-refractivity contribution in [2.24, 2.45) is 5.10 Å². The summed E-state index contributed by atoms with van der Waals surface area (Å²) < 4.78 is 31.1. The van der Waals surface area contributed by atoms with Crippen molar-refractivity contribution in [3.63, 3.8) is 0 Å². The Morgan fingerprint density at radius 2 is 1.91 bits per heavy atom. The highest BCUT2D eigenvalue weighted by molar-refractivity contribution is 6.02. The van der Waals surface area contributed by atoms with Crippen LogP contribution in [0.5, 0.6) is 5.75 Å². The summed E-state index contributed by atoms with van der Waals surface area (Å²) in [5.41, 5.74) is 1.82. The molecule has 0 spiro atoms.